The zero-order valence-corrected chi connectivity index (χ0v) is 14.6. The smallest absolute Gasteiger partial charge is 0.451 e. The Labute approximate surface area is 153 Å². The fraction of sp³-hybridized carbons (Fsp3) is 0.438. The number of hydrogen-bond donors (Lipinski definition) is 1. The van der Waals surface area contributed by atoms with Gasteiger partial charge in [0.25, 0.3) is 11.8 Å². The SMILES string of the molecule is C=C.COC(=O)OCOc1c2n(ccc1=O)N[C@@H]1CC(F)(F)CCN1C2=O. The van der Waals surface area contributed by atoms with E-state index in [1.54, 1.807) is 0 Å². The highest BCUT2D eigenvalue weighted by atomic mass is 19.3. The number of piperidine rings is 1. The molecule has 0 saturated carbocycles. The number of alkyl halides is 2. The van der Waals surface area contributed by atoms with E-state index in [-0.39, 0.29) is 18.0 Å². The fourth-order valence-electron chi connectivity index (χ4n) is 2.75. The third kappa shape index (κ3) is 4.18. The maximum Gasteiger partial charge on any atom is 0.510 e. The van der Waals surface area contributed by atoms with Crippen LogP contribution in [0.3, 0.4) is 0 Å². The average Bonchev–Trinajstić information content (AvgIpc) is 2.64. The molecule has 0 bridgehead atoms. The minimum atomic E-state index is -2.88. The van der Waals surface area contributed by atoms with Gasteiger partial charge in [0.15, 0.2) is 5.69 Å². The first-order valence-electron chi connectivity index (χ1n) is 7.87. The summed E-state index contributed by atoms with van der Waals surface area (Å²) in [7, 11) is 1.10. The van der Waals surface area contributed by atoms with Gasteiger partial charge in [0.05, 0.1) is 13.5 Å². The molecule has 3 heterocycles. The highest BCUT2D eigenvalue weighted by Crippen LogP contribution is 2.34. The number of carbonyl (C=O) groups excluding carboxylic acids is 2. The van der Waals surface area contributed by atoms with Gasteiger partial charge in [-0.1, -0.05) is 0 Å². The second-order valence-electron chi connectivity index (χ2n) is 5.54. The van der Waals surface area contributed by atoms with Gasteiger partial charge < -0.3 is 24.5 Å². The monoisotopic (exact) mass is 387 g/mol. The molecule has 11 heteroatoms. The lowest BCUT2D eigenvalue weighted by Crippen LogP contribution is -2.59. The molecule has 0 radical (unpaired) electrons. The van der Waals surface area contributed by atoms with Crippen LogP contribution in [0.1, 0.15) is 23.3 Å². The molecule has 1 N–H and O–H groups in total. The average molecular weight is 387 g/mol. The van der Waals surface area contributed by atoms with Crippen molar-refractivity contribution in [3.8, 4) is 5.75 Å². The Kier molecular flexibility index (Phi) is 6.03. The Bertz CT molecular complexity index is 782. The molecule has 1 atom stereocenters. The number of hydrogen-bond acceptors (Lipinski definition) is 7. The van der Waals surface area contributed by atoms with Crippen LogP contribution in [0.5, 0.6) is 5.75 Å². The number of nitrogens with zero attached hydrogens (tertiary/aromatic N) is 2. The third-order valence-corrected chi connectivity index (χ3v) is 3.94. The summed E-state index contributed by atoms with van der Waals surface area (Å²) >= 11 is 0. The van der Waals surface area contributed by atoms with Gasteiger partial charge in [0.1, 0.15) is 6.17 Å². The maximum atomic E-state index is 13.6. The molecule has 0 aliphatic carbocycles. The van der Waals surface area contributed by atoms with Gasteiger partial charge in [-0.3, -0.25) is 14.3 Å². The number of aromatic nitrogens is 1. The van der Waals surface area contributed by atoms with Crippen molar-refractivity contribution >= 4 is 12.1 Å². The Morgan fingerprint density at radius 1 is 1.41 bits per heavy atom. The molecule has 9 nitrogen and oxygen atoms in total. The molecule has 2 aliphatic rings. The van der Waals surface area contributed by atoms with E-state index in [0.717, 1.165) is 13.2 Å². The Balaban J connectivity index is 0.00000126. The molecule has 148 valence electrons. The number of carbonyl (C=O) groups is 2. The second-order valence-corrected chi connectivity index (χ2v) is 5.54. The largest absolute Gasteiger partial charge is 0.510 e. The third-order valence-electron chi connectivity index (χ3n) is 3.94. The van der Waals surface area contributed by atoms with E-state index in [4.69, 9.17) is 4.74 Å². The van der Waals surface area contributed by atoms with E-state index in [1.807, 2.05) is 0 Å². The summed E-state index contributed by atoms with van der Waals surface area (Å²) < 4.78 is 42.2. The number of pyridine rings is 1. The van der Waals surface area contributed by atoms with Crippen molar-refractivity contribution in [2.45, 2.75) is 24.9 Å². The van der Waals surface area contributed by atoms with Gasteiger partial charge in [0.2, 0.25) is 18.0 Å². The van der Waals surface area contributed by atoms with Crippen molar-refractivity contribution in [2.75, 3.05) is 25.9 Å². The minimum absolute atomic E-state index is 0.151. The van der Waals surface area contributed by atoms with E-state index >= 15 is 0 Å². The first-order valence-corrected chi connectivity index (χ1v) is 7.87. The van der Waals surface area contributed by atoms with Gasteiger partial charge >= 0.3 is 6.16 Å². The topological polar surface area (TPSA) is 99.1 Å². The number of nitrogens with one attached hydrogen (secondary N) is 1. The van der Waals surface area contributed by atoms with Crippen molar-refractivity contribution < 1.29 is 32.6 Å². The molecule has 1 fully saturated rings. The van der Waals surface area contributed by atoms with Crippen molar-refractivity contribution in [3.63, 3.8) is 0 Å². The number of halogens is 2. The van der Waals surface area contributed by atoms with Crippen LogP contribution in [0.25, 0.3) is 0 Å². The first kappa shape index (κ1) is 20.2. The van der Waals surface area contributed by atoms with Crippen LogP contribution in [0.2, 0.25) is 0 Å². The fourth-order valence-corrected chi connectivity index (χ4v) is 2.75. The molecule has 1 saturated heterocycles. The summed E-state index contributed by atoms with van der Waals surface area (Å²) in [5.74, 6) is -3.84. The number of amides is 1. The van der Waals surface area contributed by atoms with Crippen LogP contribution in [0.4, 0.5) is 13.6 Å². The summed E-state index contributed by atoms with van der Waals surface area (Å²) in [6.07, 6.45) is -1.66. The predicted octanol–water partition coefficient (Wildman–Crippen LogP) is 1.52. The maximum absolute atomic E-state index is 13.6. The van der Waals surface area contributed by atoms with Crippen LogP contribution in [0, 0.1) is 0 Å². The number of methoxy groups -OCH3 is 1. The Morgan fingerprint density at radius 3 is 2.78 bits per heavy atom. The van der Waals surface area contributed by atoms with Crippen LogP contribution in [-0.4, -0.2) is 54.2 Å². The molecular weight excluding hydrogens is 368 g/mol. The van der Waals surface area contributed by atoms with Crippen molar-refractivity contribution in [1.29, 1.82) is 0 Å². The van der Waals surface area contributed by atoms with Crippen LogP contribution >= 0.6 is 0 Å². The molecule has 1 aromatic heterocycles. The van der Waals surface area contributed by atoms with Gasteiger partial charge in [-0.25, -0.2) is 13.6 Å². The molecule has 1 aromatic rings. The van der Waals surface area contributed by atoms with Gasteiger partial charge in [-0.2, -0.15) is 0 Å². The lowest BCUT2D eigenvalue weighted by molar-refractivity contribution is -0.0693. The van der Waals surface area contributed by atoms with Gasteiger partial charge in [-0.15, -0.1) is 13.2 Å². The standard InChI is InChI=1S/C14H15F2N3O6.C2H4/c1-23-13(22)25-7-24-11-8(20)2-4-19-10(11)12(21)18-5-3-14(15,16)6-9(18)17-19;1-2/h2,4,9,17H,3,5-7H2,1H3;1-2H2/t9-;/m0./s1. The molecule has 27 heavy (non-hydrogen) atoms. The van der Waals surface area contributed by atoms with Crippen LogP contribution < -0.4 is 15.6 Å². The summed E-state index contributed by atoms with van der Waals surface area (Å²) in [6.45, 7) is 5.19. The lowest BCUT2D eigenvalue weighted by Gasteiger charge is -2.43. The number of rotatable bonds is 3. The Morgan fingerprint density at radius 2 is 2.11 bits per heavy atom. The molecule has 3 rings (SSSR count). The zero-order chi connectivity index (χ0) is 20.2. The van der Waals surface area contributed by atoms with E-state index in [0.29, 0.717) is 0 Å². The van der Waals surface area contributed by atoms with Crippen LogP contribution in [0.15, 0.2) is 30.2 Å². The molecule has 1 amide bonds. The Hall–Kier alpha value is -3.11. The number of ether oxygens (including phenoxy) is 3. The molecule has 0 spiro atoms. The zero-order valence-electron chi connectivity index (χ0n) is 14.6. The van der Waals surface area contributed by atoms with E-state index < -0.39 is 49.2 Å². The quantitative estimate of drug-likeness (QED) is 0.477. The van der Waals surface area contributed by atoms with E-state index in [2.05, 4.69) is 28.1 Å². The minimum Gasteiger partial charge on any atom is -0.451 e. The van der Waals surface area contributed by atoms with Crippen molar-refractivity contribution in [3.05, 3.63) is 41.3 Å². The summed E-state index contributed by atoms with van der Waals surface area (Å²) in [4.78, 5) is 36.8. The van der Waals surface area contributed by atoms with Crippen molar-refractivity contribution in [2.24, 2.45) is 0 Å². The highest BCUT2D eigenvalue weighted by Gasteiger charge is 2.46. The van der Waals surface area contributed by atoms with Gasteiger partial charge in [0, 0.05) is 25.2 Å². The molecule has 0 aromatic carbocycles. The molecule has 0 unspecified atom stereocenters. The van der Waals surface area contributed by atoms with Crippen LogP contribution in [-0.2, 0) is 9.47 Å². The predicted molar refractivity (Wildman–Crippen MR) is 89.3 cm³/mol. The summed E-state index contributed by atoms with van der Waals surface area (Å²) in [5.41, 5.74) is 1.99. The molecular formula is C16H19F2N3O6. The van der Waals surface area contributed by atoms with E-state index in [9.17, 15) is 23.2 Å². The number of fused-ring (bicyclic) bond motifs is 2. The normalized spacial score (nSPS) is 19.4. The molecule has 2 aliphatic heterocycles. The van der Waals surface area contributed by atoms with E-state index in [1.165, 1.54) is 15.8 Å². The lowest BCUT2D eigenvalue weighted by atomic mass is 10.0. The highest BCUT2D eigenvalue weighted by molar-refractivity contribution is 5.96. The summed E-state index contributed by atoms with van der Waals surface area (Å²) in [6, 6.07) is 1.11. The second kappa shape index (κ2) is 8.06. The summed E-state index contributed by atoms with van der Waals surface area (Å²) in [5, 5.41) is 0. The first-order chi connectivity index (χ1) is 12.8. The van der Waals surface area contributed by atoms with Crippen molar-refractivity contribution in [1.82, 2.24) is 9.58 Å². The van der Waals surface area contributed by atoms with Gasteiger partial charge in [-0.05, 0) is 0 Å².